The molecule has 0 atom stereocenters. The molecule has 0 aliphatic rings. The summed E-state index contributed by atoms with van der Waals surface area (Å²) in [5, 5.41) is 9.22. The fourth-order valence-electron chi connectivity index (χ4n) is 2.01. The van der Waals surface area contributed by atoms with Gasteiger partial charge in [0.05, 0.1) is 5.69 Å². The lowest BCUT2D eigenvalue weighted by atomic mass is 10.1. The van der Waals surface area contributed by atoms with Crippen LogP contribution in [0.5, 0.6) is 0 Å². The molecule has 118 valence electrons. The first kappa shape index (κ1) is 17.3. The Morgan fingerprint density at radius 2 is 1.83 bits per heavy atom. The molecule has 0 bridgehead atoms. The molecular weight excluding hydrogens is 376 g/mol. The molecule has 2 aromatic rings. The summed E-state index contributed by atoms with van der Waals surface area (Å²) in [6, 6.07) is 14.2. The van der Waals surface area contributed by atoms with Gasteiger partial charge in [0.15, 0.2) is 4.91 Å². The zero-order valence-corrected chi connectivity index (χ0v) is 15.1. The lowest BCUT2D eigenvalue weighted by Gasteiger charge is -2.10. The van der Waals surface area contributed by atoms with Crippen molar-refractivity contribution in [3.63, 3.8) is 0 Å². The summed E-state index contributed by atoms with van der Waals surface area (Å²) in [6.45, 7) is 3.74. The van der Waals surface area contributed by atoms with E-state index in [1.54, 1.807) is 36.4 Å². The Balaban J connectivity index is 2.36. The van der Waals surface area contributed by atoms with Crippen molar-refractivity contribution in [2.75, 3.05) is 4.72 Å². The summed E-state index contributed by atoms with van der Waals surface area (Å²) in [5.74, 6) is 0. The number of halogens is 1. The molecule has 0 saturated heterocycles. The van der Waals surface area contributed by atoms with Crippen molar-refractivity contribution in [2.24, 2.45) is 0 Å². The summed E-state index contributed by atoms with van der Waals surface area (Å²) in [7, 11) is -3.93. The van der Waals surface area contributed by atoms with Crippen LogP contribution in [0.4, 0.5) is 5.69 Å². The van der Waals surface area contributed by atoms with E-state index >= 15 is 0 Å². The zero-order valence-electron chi connectivity index (χ0n) is 12.7. The second-order valence-corrected chi connectivity index (χ2v) is 7.66. The Hall–Kier alpha value is -2.10. The van der Waals surface area contributed by atoms with Crippen LogP contribution in [0.2, 0.25) is 0 Å². The molecular formula is C17H15BrN2O2S. The van der Waals surface area contributed by atoms with Crippen molar-refractivity contribution in [3.05, 3.63) is 68.5 Å². The van der Waals surface area contributed by atoms with E-state index in [9.17, 15) is 13.7 Å². The van der Waals surface area contributed by atoms with Gasteiger partial charge >= 0.3 is 0 Å². The summed E-state index contributed by atoms with van der Waals surface area (Å²) in [4.78, 5) is -0.334. The maximum atomic E-state index is 12.4. The summed E-state index contributed by atoms with van der Waals surface area (Å²) in [6.07, 6.45) is 1.35. The van der Waals surface area contributed by atoms with E-state index in [-0.39, 0.29) is 4.91 Å². The van der Waals surface area contributed by atoms with E-state index < -0.39 is 10.0 Å². The van der Waals surface area contributed by atoms with Crippen LogP contribution in [-0.4, -0.2) is 8.42 Å². The average Bonchev–Trinajstić information content (AvgIpc) is 2.49. The van der Waals surface area contributed by atoms with Crippen LogP contribution in [0.15, 0.2) is 51.8 Å². The predicted molar refractivity (Wildman–Crippen MR) is 96.2 cm³/mol. The number of nitrogens with one attached hydrogen (secondary N) is 1. The molecule has 0 spiro atoms. The molecule has 0 radical (unpaired) electrons. The average molecular weight is 391 g/mol. The van der Waals surface area contributed by atoms with E-state index in [4.69, 9.17) is 0 Å². The van der Waals surface area contributed by atoms with Crippen molar-refractivity contribution in [1.29, 1.82) is 5.26 Å². The maximum Gasteiger partial charge on any atom is 0.272 e. The number of aryl methyl sites for hydroxylation is 2. The minimum Gasteiger partial charge on any atom is -0.279 e. The van der Waals surface area contributed by atoms with Gasteiger partial charge in [0.1, 0.15) is 6.07 Å². The van der Waals surface area contributed by atoms with Crippen LogP contribution in [0, 0.1) is 25.2 Å². The second kappa shape index (κ2) is 6.99. The summed E-state index contributed by atoms with van der Waals surface area (Å²) in [5.41, 5.74) is 2.94. The number of allylic oxidation sites excluding steroid dienone is 1. The van der Waals surface area contributed by atoms with Crippen molar-refractivity contribution in [2.45, 2.75) is 13.8 Å². The summed E-state index contributed by atoms with van der Waals surface area (Å²) < 4.78 is 28.2. The molecule has 0 aliphatic heterocycles. The van der Waals surface area contributed by atoms with Crippen LogP contribution in [0.25, 0.3) is 6.08 Å². The Bertz CT molecular complexity index is 895. The molecule has 2 aromatic carbocycles. The Labute approximate surface area is 144 Å². The van der Waals surface area contributed by atoms with E-state index in [0.717, 1.165) is 15.6 Å². The minimum atomic E-state index is -3.93. The van der Waals surface area contributed by atoms with E-state index in [1.165, 1.54) is 6.08 Å². The number of hydrogen-bond donors (Lipinski definition) is 1. The lowest BCUT2D eigenvalue weighted by Crippen LogP contribution is -2.15. The Morgan fingerprint density at radius 3 is 2.39 bits per heavy atom. The normalized spacial score (nSPS) is 11.8. The highest BCUT2D eigenvalue weighted by atomic mass is 79.9. The van der Waals surface area contributed by atoms with E-state index in [1.807, 2.05) is 26.0 Å². The third-order valence-corrected chi connectivity index (χ3v) is 5.00. The largest absolute Gasteiger partial charge is 0.279 e. The number of nitriles is 1. The molecule has 0 saturated carbocycles. The van der Waals surface area contributed by atoms with Gasteiger partial charge in [0, 0.05) is 4.47 Å². The van der Waals surface area contributed by atoms with Crippen molar-refractivity contribution >= 4 is 37.7 Å². The number of benzene rings is 2. The lowest BCUT2D eigenvalue weighted by molar-refractivity contribution is 0.608. The molecule has 0 aliphatic carbocycles. The Morgan fingerprint density at radius 1 is 1.17 bits per heavy atom. The topological polar surface area (TPSA) is 70.0 Å². The molecule has 23 heavy (non-hydrogen) atoms. The molecule has 1 N–H and O–H groups in total. The fraction of sp³-hybridized carbons (Fsp3) is 0.118. The van der Waals surface area contributed by atoms with Gasteiger partial charge in [-0.1, -0.05) is 45.8 Å². The maximum absolute atomic E-state index is 12.4. The molecule has 6 heteroatoms. The highest BCUT2D eigenvalue weighted by Gasteiger charge is 2.18. The third kappa shape index (κ3) is 4.44. The van der Waals surface area contributed by atoms with Crippen molar-refractivity contribution in [1.82, 2.24) is 0 Å². The molecule has 2 rings (SSSR count). The van der Waals surface area contributed by atoms with Gasteiger partial charge in [-0.15, -0.1) is 0 Å². The number of nitrogens with zero attached hydrogens (tertiary/aromatic N) is 1. The first-order chi connectivity index (χ1) is 10.8. The first-order valence-corrected chi connectivity index (χ1v) is 9.07. The van der Waals surface area contributed by atoms with Crippen LogP contribution >= 0.6 is 15.9 Å². The van der Waals surface area contributed by atoms with Crippen LogP contribution in [0.1, 0.15) is 16.7 Å². The van der Waals surface area contributed by atoms with Crippen LogP contribution in [0.3, 0.4) is 0 Å². The molecule has 0 heterocycles. The highest BCUT2D eigenvalue weighted by molar-refractivity contribution is 9.10. The van der Waals surface area contributed by atoms with E-state index in [2.05, 4.69) is 20.7 Å². The molecule has 0 aromatic heterocycles. The van der Waals surface area contributed by atoms with Gasteiger partial charge in [0.2, 0.25) is 0 Å². The van der Waals surface area contributed by atoms with Gasteiger partial charge in [-0.3, -0.25) is 4.72 Å². The van der Waals surface area contributed by atoms with Crippen molar-refractivity contribution in [3.8, 4) is 6.07 Å². The van der Waals surface area contributed by atoms with E-state index in [0.29, 0.717) is 11.3 Å². The summed E-state index contributed by atoms with van der Waals surface area (Å²) >= 11 is 3.31. The van der Waals surface area contributed by atoms with Gasteiger partial charge in [-0.05, 0) is 49.2 Å². The van der Waals surface area contributed by atoms with Crippen molar-refractivity contribution < 1.29 is 8.42 Å². The Kier molecular flexibility index (Phi) is 5.24. The smallest absolute Gasteiger partial charge is 0.272 e. The van der Waals surface area contributed by atoms with Gasteiger partial charge in [0.25, 0.3) is 10.0 Å². The number of anilines is 1. The minimum absolute atomic E-state index is 0.334. The monoisotopic (exact) mass is 390 g/mol. The predicted octanol–water partition coefficient (Wildman–Crippen LogP) is 4.37. The first-order valence-electron chi connectivity index (χ1n) is 6.79. The molecule has 0 fully saturated rings. The van der Waals surface area contributed by atoms with Gasteiger partial charge in [-0.25, -0.2) is 8.42 Å². The quantitative estimate of drug-likeness (QED) is 0.787. The fourth-order valence-corrected chi connectivity index (χ4v) is 3.31. The third-order valence-electron chi connectivity index (χ3n) is 3.19. The second-order valence-electron chi connectivity index (χ2n) is 5.10. The highest BCUT2D eigenvalue weighted by Crippen LogP contribution is 2.21. The standard InChI is InChI=1S/C17H15BrN2O2S/c1-12-3-8-17(13(2)9-12)20-23(21,22)16(11-19)10-14-4-6-15(18)7-5-14/h3-10,20H,1-2H3/b16-10-. The molecule has 4 nitrogen and oxygen atoms in total. The number of sulfonamides is 1. The molecule has 0 unspecified atom stereocenters. The van der Waals surface area contributed by atoms with Crippen LogP contribution < -0.4 is 4.72 Å². The van der Waals surface area contributed by atoms with Gasteiger partial charge < -0.3 is 0 Å². The number of rotatable bonds is 4. The number of hydrogen-bond acceptors (Lipinski definition) is 3. The zero-order chi connectivity index (χ0) is 17.0. The molecule has 0 amide bonds. The SMILES string of the molecule is Cc1ccc(NS(=O)(=O)/C(C#N)=C\c2ccc(Br)cc2)c(C)c1. The van der Waals surface area contributed by atoms with Gasteiger partial charge in [-0.2, -0.15) is 5.26 Å². The van der Waals surface area contributed by atoms with Crippen LogP contribution in [-0.2, 0) is 10.0 Å².